The fourth-order valence-electron chi connectivity index (χ4n) is 3.57. The maximum absolute atomic E-state index is 12.6. The third-order valence-electron chi connectivity index (χ3n) is 5.15. The number of nitrogens with zero attached hydrogens (tertiary/aromatic N) is 2. The number of hydrogen-bond donors (Lipinski definition) is 1. The van der Waals surface area contributed by atoms with E-state index in [0.717, 1.165) is 51.7 Å². The zero-order chi connectivity index (χ0) is 21.7. The Hall–Kier alpha value is -2.38. The number of benzene rings is 2. The van der Waals surface area contributed by atoms with Crippen molar-refractivity contribution >= 4 is 62.7 Å². The summed E-state index contributed by atoms with van der Waals surface area (Å²) in [6.07, 6.45) is 6.68. The number of amides is 1. The van der Waals surface area contributed by atoms with Crippen LogP contribution in [0.4, 0.5) is 5.69 Å². The number of unbranched alkanes of at least 4 members (excludes halogenated alkanes) is 3. The Morgan fingerprint density at radius 3 is 2.60 bits per heavy atom. The maximum Gasteiger partial charge on any atom is 0.323 e. The summed E-state index contributed by atoms with van der Waals surface area (Å²) < 4.78 is 0.279. The van der Waals surface area contributed by atoms with E-state index in [9.17, 15) is 9.59 Å². The highest BCUT2D eigenvalue weighted by atomic mass is 32.2. The smallest absolute Gasteiger partial charge is 0.323 e. The third kappa shape index (κ3) is 5.02. The predicted octanol–water partition coefficient (Wildman–Crippen LogP) is 5.14. The molecule has 0 unspecified atom stereocenters. The van der Waals surface area contributed by atoms with Gasteiger partial charge in [-0.1, -0.05) is 80.5 Å². The zero-order valence-corrected chi connectivity index (χ0v) is 18.9. The Labute approximate surface area is 186 Å². The minimum absolute atomic E-state index is 0.279. The summed E-state index contributed by atoms with van der Waals surface area (Å²) in [6, 6.07) is 12.3. The van der Waals surface area contributed by atoms with Crippen molar-refractivity contribution in [2.24, 2.45) is 0 Å². The number of thioether (sulfide) groups is 1. The SMILES string of the molecule is CCCCCCN(C)c1ccc(/C=C2/SC(=S)N(CC(=O)O)C2=O)c2ccccc12. The van der Waals surface area contributed by atoms with Gasteiger partial charge in [-0.25, -0.2) is 0 Å². The van der Waals surface area contributed by atoms with Crippen LogP contribution in [-0.2, 0) is 9.59 Å². The van der Waals surface area contributed by atoms with Gasteiger partial charge in [0, 0.05) is 24.7 Å². The van der Waals surface area contributed by atoms with Crippen LogP contribution < -0.4 is 4.90 Å². The van der Waals surface area contributed by atoms with Crippen molar-refractivity contribution in [1.82, 2.24) is 4.90 Å². The summed E-state index contributed by atoms with van der Waals surface area (Å²) in [4.78, 5) is 27.5. The molecule has 1 saturated heterocycles. The number of rotatable bonds is 9. The van der Waals surface area contributed by atoms with Crippen molar-refractivity contribution < 1.29 is 14.7 Å². The van der Waals surface area contributed by atoms with E-state index in [4.69, 9.17) is 17.3 Å². The average Bonchev–Trinajstić information content (AvgIpc) is 2.98. The molecule has 2 aromatic carbocycles. The van der Waals surface area contributed by atoms with Gasteiger partial charge in [-0.05, 0) is 29.5 Å². The molecule has 0 spiro atoms. The van der Waals surface area contributed by atoms with Crippen LogP contribution >= 0.6 is 24.0 Å². The van der Waals surface area contributed by atoms with E-state index in [1.165, 1.54) is 19.3 Å². The van der Waals surface area contributed by atoms with E-state index in [2.05, 4.69) is 31.0 Å². The fraction of sp³-hybridized carbons (Fsp3) is 0.348. The number of carboxylic acid groups (broad SMARTS) is 1. The molecule has 7 heteroatoms. The van der Waals surface area contributed by atoms with E-state index in [0.29, 0.717) is 4.91 Å². The molecule has 0 radical (unpaired) electrons. The van der Waals surface area contributed by atoms with Crippen LogP contribution in [-0.4, -0.2) is 46.3 Å². The largest absolute Gasteiger partial charge is 0.480 e. The fourth-order valence-corrected chi connectivity index (χ4v) is 4.82. The molecule has 0 bridgehead atoms. The molecule has 30 heavy (non-hydrogen) atoms. The van der Waals surface area contributed by atoms with Crippen molar-refractivity contribution in [2.45, 2.75) is 32.6 Å². The number of carbonyl (C=O) groups excluding carboxylic acids is 1. The Bertz CT molecular complexity index is 1000. The summed E-state index contributed by atoms with van der Waals surface area (Å²) >= 11 is 6.35. The number of thiocarbonyl (C=S) groups is 1. The minimum Gasteiger partial charge on any atom is -0.480 e. The van der Waals surface area contributed by atoms with Gasteiger partial charge >= 0.3 is 5.97 Å². The van der Waals surface area contributed by atoms with Crippen LogP contribution in [0.2, 0.25) is 0 Å². The first kappa shape index (κ1) is 22.3. The Balaban J connectivity index is 1.90. The summed E-state index contributed by atoms with van der Waals surface area (Å²) in [6.45, 7) is 2.80. The topological polar surface area (TPSA) is 60.9 Å². The minimum atomic E-state index is -1.08. The molecule has 0 saturated carbocycles. The number of hydrogen-bond acceptors (Lipinski definition) is 5. The van der Waals surface area contributed by atoms with Gasteiger partial charge in [0.2, 0.25) is 0 Å². The molecule has 1 heterocycles. The predicted molar refractivity (Wildman–Crippen MR) is 129 cm³/mol. The van der Waals surface area contributed by atoms with Gasteiger partial charge < -0.3 is 10.0 Å². The first-order valence-electron chi connectivity index (χ1n) is 10.1. The summed E-state index contributed by atoms with van der Waals surface area (Å²) in [7, 11) is 2.12. The van der Waals surface area contributed by atoms with Gasteiger partial charge in [0.25, 0.3) is 5.91 Å². The Morgan fingerprint density at radius 2 is 1.90 bits per heavy atom. The van der Waals surface area contributed by atoms with Crippen molar-refractivity contribution in [1.29, 1.82) is 0 Å². The second-order valence-corrected chi connectivity index (χ2v) is 9.04. The lowest BCUT2D eigenvalue weighted by Crippen LogP contribution is -2.33. The first-order valence-corrected chi connectivity index (χ1v) is 11.3. The summed E-state index contributed by atoms with van der Waals surface area (Å²) in [5.74, 6) is -1.43. The van der Waals surface area contributed by atoms with E-state index in [1.54, 1.807) is 0 Å². The van der Waals surface area contributed by atoms with Crippen LogP contribution in [0.25, 0.3) is 16.8 Å². The second kappa shape index (κ2) is 10.1. The molecule has 3 rings (SSSR count). The van der Waals surface area contributed by atoms with Gasteiger partial charge in [0.1, 0.15) is 10.9 Å². The van der Waals surface area contributed by atoms with Crippen LogP contribution in [0.15, 0.2) is 41.3 Å². The number of fused-ring (bicyclic) bond motifs is 1. The zero-order valence-electron chi connectivity index (χ0n) is 17.3. The first-order chi connectivity index (χ1) is 14.4. The normalized spacial score (nSPS) is 15.4. The molecule has 1 fully saturated rings. The summed E-state index contributed by atoms with van der Waals surface area (Å²) in [5, 5.41) is 11.2. The van der Waals surface area contributed by atoms with Crippen molar-refractivity contribution in [3.8, 4) is 0 Å². The van der Waals surface area contributed by atoms with E-state index >= 15 is 0 Å². The molecule has 158 valence electrons. The monoisotopic (exact) mass is 442 g/mol. The molecular formula is C23H26N2O3S2. The molecule has 1 amide bonds. The van der Waals surface area contributed by atoms with Crippen LogP contribution in [0, 0.1) is 0 Å². The van der Waals surface area contributed by atoms with Crippen LogP contribution in [0.1, 0.15) is 38.2 Å². The third-order valence-corrected chi connectivity index (χ3v) is 6.52. The number of carbonyl (C=O) groups is 2. The van der Waals surface area contributed by atoms with Crippen molar-refractivity contribution in [3.05, 3.63) is 46.9 Å². The Kier molecular flexibility index (Phi) is 7.50. The molecule has 1 aliphatic rings. The lowest BCUT2D eigenvalue weighted by Gasteiger charge is -2.22. The quantitative estimate of drug-likeness (QED) is 0.330. The molecule has 0 atom stereocenters. The van der Waals surface area contributed by atoms with Gasteiger partial charge in [-0.15, -0.1) is 0 Å². The van der Waals surface area contributed by atoms with Crippen molar-refractivity contribution in [3.63, 3.8) is 0 Å². The molecule has 1 N–H and O–H groups in total. The summed E-state index contributed by atoms with van der Waals surface area (Å²) in [5.41, 5.74) is 2.09. The van der Waals surface area contributed by atoms with E-state index in [1.807, 2.05) is 30.3 Å². The highest BCUT2D eigenvalue weighted by molar-refractivity contribution is 8.26. The van der Waals surface area contributed by atoms with Gasteiger partial charge in [0.15, 0.2) is 0 Å². The van der Waals surface area contributed by atoms with E-state index in [-0.39, 0.29) is 10.2 Å². The Morgan fingerprint density at radius 1 is 1.17 bits per heavy atom. The lowest BCUT2D eigenvalue weighted by molar-refractivity contribution is -0.140. The van der Waals surface area contributed by atoms with E-state index < -0.39 is 12.5 Å². The molecule has 0 aromatic heterocycles. The molecular weight excluding hydrogens is 416 g/mol. The van der Waals surface area contributed by atoms with Gasteiger partial charge in [-0.3, -0.25) is 14.5 Å². The number of carboxylic acids is 1. The number of aliphatic carboxylic acids is 1. The van der Waals surface area contributed by atoms with Crippen molar-refractivity contribution in [2.75, 3.05) is 25.0 Å². The second-order valence-electron chi connectivity index (χ2n) is 7.36. The lowest BCUT2D eigenvalue weighted by atomic mass is 10.0. The molecule has 1 aliphatic heterocycles. The highest BCUT2D eigenvalue weighted by Crippen LogP contribution is 2.35. The number of anilines is 1. The average molecular weight is 443 g/mol. The molecule has 5 nitrogen and oxygen atoms in total. The van der Waals surface area contributed by atoms with Gasteiger partial charge in [0.05, 0.1) is 4.91 Å². The van der Waals surface area contributed by atoms with Crippen LogP contribution in [0.3, 0.4) is 0 Å². The van der Waals surface area contributed by atoms with Crippen LogP contribution in [0.5, 0.6) is 0 Å². The standard InChI is InChI=1S/C23H26N2O3S2/c1-3-4-5-8-13-24(2)19-12-11-16(17-9-6-7-10-18(17)19)14-20-22(28)25(15-21(26)27)23(29)30-20/h6-7,9-12,14H,3-5,8,13,15H2,1-2H3,(H,26,27)/b20-14+. The highest BCUT2D eigenvalue weighted by Gasteiger charge is 2.33. The molecule has 2 aromatic rings. The molecule has 0 aliphatic carbocycles. The maximum atomic E-state index is 12.6. The van der Waals surface area contributed by atoms with Gasteiger partial charge in [-0.2, -0.15) is 0 Å².